The first-order valence-electron chi connectivity index (χ1n) is 5.16. The summed E-state index contributed by atoms with van der Waals surface area (Å²) in [6, 6.07) is 5.42. The van der Waals surface area contributed by atoms with Gasteiger partial charge < -0.3 is 0 Å². The Balaban J connectivity index is 3.02. The molecule has 90 valence electrons. The van der Waals surface area contributed by atoms with E-state index in [0.29, 0.717) is 16.0 Å². The van der Waals surface area contributed by atoms with Crippen LogP contribution < -0.4 is 0 Å². The predicted molar refractivity (Wildman–Crippen MR) is 77.3 cm³/mol. The molecule has 0 N–H and O–H groups in total. The van der Waals surface area contributed by atoms with Crippen molar-refractivity contribution in [2.45, 2.75) is 19.1 Å². The summed E-state index contributed by atoms with van der Waals surface area (Å²) in [6.45, 7) is 8.20. The van der Waals surface area contributed by atoms with Gasteiger partial charge in [-0.05, 0) is 40.9 Å². The molecule has 0 aliphatic carbocycles. The van der Waals surface area contributed by atoms with Crippen LogP contribution in [-0.4, -0.2) is 5.25 Å². The van der Waals surface area contributed by atoms with Crippen LogP contribution in [0.2, 0.25) is 10.0 Å². The molecular weight excluding hydrogens is 273 g/mol. The number of nitriles is 1. The van der Waals surface area contributed by atoms with E-state index in [0.717, 1.165) is 11.1 Å². The zero-order valence-corrected chi connectivity index (χ0v) is 12.0. The Morgan fingerprint density at radius 2 is 2.00 bits per heavy atom. The maximum absolute atomic E-state index is 8.80. The lowest BCUT2D eigenvalue weighted by Crippen LogP contribution is -2.12. The third-order valence-electron chi connectivity index (χ3n) is 2.42. The molecule has 4 heteroatoms. The van der Waals surface area contributed by atoms with Crippen LogP contribution in [0, 0.1) is 16.6 Å². The van der Waals surface area contributed by atoms with Crippen LogP contribution in [-0.2, 0) is 0 Å². The molecule has 0 aromatic heterocycles. The average Bonchev–Trinajstić information content (AvgIpc) is 2.28. The summed E-state index contributed by atoms with van der Waals surface area (Å²) < 4.78 is 0. The molecular formula is C13H13Cl2NS. The number of thiocyanates is 1. The highest BCUT2D eigenvalue weighted by molar-refractivity contribution is 8.04. The Kier molecular flexibility index (Phi) is 5.39. The number of halogens is 2. The molecule has 0 spiro atoms. The third-order valence-corrected chi connectivity index (χ3v) is 4.35. The van der Waals surface area contributed by atoms with E-state index in [-0.39, 0.29) is 5.25 Å². The minimum atomic E-state index is 0.0669. The van der Waals surface area contributed by atoms with Gasteiger partial charge in [0.15, 0.2) is 0 Å². The Morgan fingerprint density at radius 3 is 2.47 bits per heavy atom. The number of rotatable bonds is 4. The van der Waals surface area contributed by atoms with E-state index in [9.17, 15) is 0 Å². The summed E-state index contributed by atoms with van der Waals surface area (Å²) in [5.41, 5.74) is 1.84. The maximum atomic E-state index is 8.80. The number of hydrogen-bond acceptors (Lipinski definition) is 2. The van der Waals surface area contributed by atoms with Gasteiger partial charge in [-0.1, -0.05) is 49.7 Å². The molecule has 1 aromatic rings. The quantitative estimate of drug-likeness (QED) is 0.706. The van der Waals surface area contributed by atoms with Crippen LogP contribution >= 0.6 is 35.0 Å². The van der Waals surface area contributed by atoms with E-state index >= 15 is 0 Å². The summed E-state index contributed by atoms with van der Waals surface area (Å²) in [5.74, 6) is 0.335. The van der Waals surface area contributed by atoms with Gasteiger partial charge in [-0.25, -0.2) is 0 Å². The van der Waals surface area contributed by atoms with Crippen LogP contribution in [0.1, 0.15) is 19.4 Å². The van der Waals surface area contributed by atoms with Gasteiger partial charge in [-0.15, -0.1) is 0 Å². The van der Waals surface area contributed by atoms with Crippen molar-refractivity contribution in [3.8, 4) is 5.40 Å². The molecule has 1 rings (SSSR count). The zero-order chi connectivity index (χ0) is 13.0. The first-order chi connectivity index (χ1) is 7.97. The minimum absolute atomic E-state index is 0.0669. The van der Waals surface area contributed by atoms with Gasteiger partial charge in [0.05, 0.1) is 10.0 Å². The highest BCUT2D eigenvalue weighted by Crippen LogP contribution is 2.34. The number of benzene rings is 1. The van der Waals surface area contributed by atoms with Crippen LogP contribution in [0.25, 0.3) is 5.57 Å². The van der Waals surface area contributed by atoms with Crippen molar-refractivity contribution in [1.29, 1.82) is 5.26 Å². The summed E-state index contributed by atoms with van der Waals surface area (Å²) in [4.78, 5) is 0. The Labute approximate surface area is 116 Å². The van der Waals surface area contributed by atoms with Crippen LogP contribution in [0.3, 0.4) is 0 Å². The molecule has 0 saturated heterocycles. The molecule has 1 unspecified atom stereocenters. The SMILES string of the molecule is C=C(c1ccc(Cl)c(Cl)c1)C(SC#N)C(C)C. The third kappa shape index (κ3) is 3.67. The second kappa shape index (κ2) is 6.35. The van der Waals surface area contributed by atoms with Crippen LogP contribution in [0.4, 0.5) is 0 Å². The van der Waals surface area contributed by atoms with Gasteiger partial charge in [-0.2, -0.15) is 5.26 Å². The monoisotopic (exact) mass is 285 g/mol. The number of hydrogen-bond donors (Lipinski definition) is 0. The Bertz CT molecular complexity index is 463. The van der Waals surface area contributed by atoms with Gasteiger partial charge in [0.25, 0.3) is 0 Å². The molecule has 17 heavy (non-hydrogen) atoms. The molecule has 0 saturated carbocycles. The molecule has 1 aromatic carbocycles. The number of nitrogens with zero attached hydrogens (tertiary/aromatic N) is 1. The Morgan fingerprint density at radius 1 is 1.35 bits per heavy atom. The topological polar surface area (TPSA) is 23.8 Å². The smallest absolute Gasteiger partial charge is 0.133 e. The summed E-state index contributed by atoms with van der Waals surface area (Å²) >= 11 is 13.1. The maximum Gasteiger partial charge on any atom is 0.133 e. The van der Waals surface area contributed by atoms with Crippen LogP contribution in [0.5, 0.6) is 0 Å². The van der Waals surface area contributed by atoms with E-state index in [1.807, 2.05) is 6.07 Å². The van der Waals surface area contributed by atoms with Gasteiger partial charge in [0.1, 0.15) is 5.40 Å². The first kappa shape index (κ1) is 14.4. The molecule has 0 heterocycles. The van der Waals surface area contributed by atoms with Crippen molar-refractivity contribution in [2.24, 2.45) is 5.92 Å². The average molecular weight is 286 g/mol. The fraction of sp³-hybridized carbons (Fsp3) is 0.308. The minimum Gasteiger partial charge on any atom is -0.185 e. The highest BCUT2D eigenvalue weighted by atomic mass is 35.5. The number of thioether (sulfide) groups is 1. The normalized spacial score (nSPS) is 12.2. The van der Waals surface area contributed by atoms with Gasteiger partial charge in [0, 0.05) is 5.25 Å². The Hall–Kier alpha value is -0.620. The lowest BCUT2D eigenvalue weighted by Gasteiger charge is -2.20. The van der Waals surface area contributed by atoms with E-state index in [2.05, 4.69) is 25.8 Å². The molecule has 0 amide bonds. The molecule has 0 radical (unpaired) electrons. The fourth-order valence-corrected chi connectivity index (χ4v) is 2.49. The van der Waals surface area contributed by atoms with Crippen molar-refractivity contribution in [3.05, 3.63) is 40.4 Å². The van der Waals surface area contributed by atoms with Crippen molar-refractivity contribution in [3.63, 3.8) is 0 Å². The van der Waals surface area contributed by atoms with Crippen LogP contribution in [0.15, 0.2) is 24.8 Å². The predicted octanol–water partition coefficient (Wildman–Crippen LogP) is 5.25. The van der Waals surface area contributed by atoms with Gasteiger partial charge in [-0.3, -0.25) is 0 Å². The first-order valence-corrected chi connectivity index (χ1v) is 6.80. The van der Waals surface area contributed by atoms with Gasteiger partial charge >= 0.3 is 0 Å². The second-order valence-electron chi connectivity index (χ2n) is 4.03. The summed E-state index contributed by atoms with van der Waals surface area (Å²) in [6.07, 6.45) is 0. The van der Waals surface area contributed by atoms with E-state index in [1.54, 1.807) is 12.1 Å². The molecule has 1 atom stereocenters. The lowest BCUT2D eigenvalue weighted by molar-refractivity contribution is 0.689. The summed E-state index contributed by atoms with van der Waals surface area (Å²) in [7, 11) is 0. The highest BCUT2D eigenvalue weighted by Gasteiger charge is 2.19. The summed E-state index contributed by atoms with van der Waals surface area (Å²) in [5, 5.41) is 12.0. The van der Waals surface area contributed by atoms with Crippen molar-refractivity contribution >= 4 is 40.5 Å². The lowest BCUT2D eigenvalue weighted by atomic mass is 9.97. The second-order valence-corrected chi connectivity index (χ2v) is 5.77. The van der Waals surface area contributed by atoms with Crippen molar-refractivity contribution in [2.75, 3.05) is 0 Å². The fourth-order valence-electron chi connectivity index (χ4n) is 1.53. The molecule has 0 aliphatic heterocycles. The van der Waals surface area contributed by atoms with E-state index < -0.39 is 0 Å². The van der Waals surface area contributed by atoms with E-state index in [4.69, 9.17) is 28.5 Å². The van der Waals surface area contributed by atoms with E-state index in [1.165, 1.54) is 11.8 Å². The largest absolute Gasteiger partial charge is 0.185 e. The molecule has 0 fully saturated rings. The molecule has 1 nitrogen and oxygen atoms in total. The molecule has 0 aliphatic rings. The van der Waals surface area contributed by atoms with Crippen molar-refractivity contribution in [1.82, 2.24) is 0 Å². The zero-order valence-electron chi connectivity index (χ0n) is 9.71. The molecule has 0 bridgehead atoms. The van der Waals surface area contributed by atoms with Crippen molar-refractivity contribution < 1.29 is 0 Å². The van der Waals surface area contributed by atoms with Gasteiger partial charge in [0.2, 0.25) is 0 Å². The standard InChI is InChI=1S/C13H13Cl2NS/c1-8(2)13(17-7-16)9(3)10-4-5-11(14)12(15)6-10/h4-6,8,13H,3H2,1-2H3.